The molecule has 2 bridgehead atoms. The lowest BCUT2D eigenvalue weighted by molar-refractivity contribution is 0.0132. The first kappa shape index (κ1) is 36.2. The molecule has 2 aromatic carbocycles. The zero-order chi connectivity index (χ0) is 35.2. The number of aryl methyl sites for hydroxylation is 1. The SMILES string of the molecule is CO[C@H]1/C=C\CC[C@@H](CCS(=O)(=O)C(C)(C)C)S(=O)(=O)NC(=O)c2ccc3c(c2)N(C[C@@H]2CC[C@H]21)C[C@@]1(CCCc2cc(Cl)ccc21)CO3. The van der Waals surface area contributed by atoms with Gasteiger partial charge in [0, 0.05) is 36.2 Å². The Bertz CT molecular complexity index is 1820. The quantitative estimate of drug-likeness (QED) is 0.368. The van der Waals surface area contributed by atoms with Crippen molar-refractivity contribution in [1.29, 1.82) is 0 Å². The molecule has 1 fully saturated rings. The predicted octanol–water partition coefficient (Wildman–Crippen LogP) is 6.24. The average Bonchev–Trinajstić information content (AvgIpc) is 3.17. The van der Waals surface area contributed by atoms with Crippen molar-refractivity contribution in [2.24, 2.45) is 11.8 Å². The second kappa shape index (κ2) is 13.8. The van der Waals surface area contributed by atoms with Gasteiger partial charge in [0.2, 0.25) is 10.0 Å². The summed E-state index contributed by atoms with van der Waals surface area (Å²) in [6.45, 7) is 6.71. The Morgan fingerprint density at radius 2 is 1.92 bits per heavy atom. The van der Waals surface area contributed by atoms with Crippen LogP contribution in [0.1, 0.15) is 87.2 Å². The van der Waals surface area contributed by atoms with E-state index in [2.05, 4.69) is 21.8 Å². The Kier molecular flexibility index (Phi) is 10.2. The number of carbonyl (C=O) groups excluding carboxylic acids is 1. The summed E-state index contributed by atoms with van der Waals surface area (Å²) < 4.78 is 67.3. The fraction of sp³-hybridized carbons (Fsp3) is 0.595. The van der Waals surface area contributed by atoms with Crippen molar-refractivity contribution in [3.63, 3.8) is 0 Å². The van der Waals surface area contributed by atoms with E-state index in [0.29, 0.717) is 31.2 Å². The molecule has 0 radical (unpaired) electrons. The van der Waals surface area contributed by atoms with Crippen LogP contribution in [0.3, 0.4) is 0 Å². The van der Waals surface area contributed by atoms with Crippen molar-refractivity contribution in [3.05, 3.63) is 70.3 Å². The van der Waals surface area contributed by atoms with Gasteiger partial charge in [0.15, 0.2) is 9.84 Å². The summed E-state index contributed by atoms with van der Waals surface area (Å²) in [5.41, 5.74) is 3.16. The lowest BCUT2D eigenvalue weighted by atomic mass is 9.68. The van der Waals surface area contributed by atoms with E-state index in [1.165, 1.54) is 11.1 Å². The lowest BCUT2D eigenvalue weighted by Gasteiger charge is -2.46. The molecule has 2 aromatic rings. The topological polar surface area (TPSA) is 119 Å². The van der Waals surface area contributed by atoms with E-state index in [1.54, 1.807) is 46.1 Å². The Labute approximate surface area is 296 Å². The Balaban J connectivity index is 1.38. The smallest absolute Gasteiger partial charge is 0.264 e. The third-order valence-electron chi connectivity index (χ3n) is 11.2. The summed E-state index contributed by atoms with van der Waals surface area (Å²) in [5.74, 6) is 0.228. The molecule has 0 unspecified atom stereocenters. The van der Waals surface area contributed by atoms with Gasteiger partial charge in [-0.1, -0.05) is 29.8 Å². The molecule has 1 amide bonds. The number of sulfonamides is 1. The maximum absolute atomic E-state index is 13.8. The van der Waals surface area contributed by atoms with Crippen LogP contribution in [0, 0.1) is 11.8 Å². The summed E-state index contributed by atoms with van der Waals surface area (Å²) in [7, 11) is -6.10. The fourth-order valence-corrected chi connectivity index (χ4v) is 11.0. The van der Waals surface area contributed by atoms with Gasteiger partial charge >= 0.3 is 0 Å². The number of nitrogens with one attached hydrogen (secondary N) is 1. The van der Waals surface area contributed by atoms with Crippen LogP contribution in [0.4, 0.5) is 5.69 Å². The molecule has 2 aliphatic heterocycles. The number of benzene rings is 2. The van der Waals surface area contributed by atoms with Crippen molar-refractivity contribution >= 4 is 43.1 Å². The Morgan fingerprint density at radius 3 is 2.63 bits per heavy atom. The molecule has 5 atom stereocenters. The number of rotatable bonds is 4. The highest BCUT2D eigenvalue weighted by Crippen LogP contribution is 2.47. The molecule has 1 N–H and O–H groups in total. The number of carbonyl (C=O) groups is 1. The zero-order valence-electron chi connectivity index (χ0n) is 28.9. The molecule has 49 heavy (non-hydrogen) atoms. The van der Waals surface area contributed by atoms with Crippen LogP contribution >= 0.6 is 11.6 Å². The first-order valence-corrected chi connectivity index (χ1v) is 21.0. The molecular weight excluding hydrogens is 684 g/mol. The zero-order valence-corrected chi connectivity index (χ0v) is 31.3. The molecule has 268 valence electrons. The second-order valence-electron chi connectivity index (χ2n) is 15.3. The normalized spacial score (nSPS) is 29.4. The minimum absolute atomic E-state index is 0.116. The summed E-state index contributed by atoms with van der Waals surface area (Å²) in [5, 5.41) is -0.359. The van der Waals surface area contributed by atoms with Crippen molar-refractivity contribution < 1.29 is 31.1 Å². The van der Waals surface area contributed by atoms with Crippen LogP contribution in [0.25, 0.3) is 0 Å². The van der Waals surface area contributed by atoms with Gasteiger partial charge in [-0.25, -0.2) is 21.6 Å². The average molecular weight is 733 g/mol. The third kappa shape index (κ3) is 7.41. The molecule has 12 heteroatoms. The molecule has 1 saturated carbocycles. The number of methoxy groups -OCH3 is 1. The highest BCUT2D eigenvalue weighted by Gasteiger charge is 2.44. The van der Waals surface area contributed by atoms with Crippen molar-refractivity contribution in [2.75, 3.05) is 37.5 Å². The van der Waals surface area contributed by atoms with Gasteiger partial charge in [-0.15, -0.1) is 0 Å². The number of hydrogen-bond acceptors (Lipinski definition) is 8. The lowest BCUT2D eigenvalue weighted by Crippen LogP contribution is -2.49. The third-order valence-corrected chi connectivity index (χ3v) is 15.9. The number of nitrogens with zero attached hydrogens (tertiary/aromatic N) is 1. The highest BCUT2D eigenvalue weighted by molar-refractivity contribution is 7.93. The van der Waals surface area contributed by atoms with Crippen LogP contribution < -0.4 is 14.4 Å². The maximum Gasteiger partial charge on any atom is 0.264 e. The number of fused-ring (bicyclic) bond motifs is 4. The number of anilines is 1. The van der Waals surface area contributed by atoms with Crippen LogP contribution in [-0.2, 0) is 36.4 Å². The largest absolute Gasteiger partial charge is 0.490 e. The molecule has 4 aliphatic rings. The first-order chi connectivity index (χ1) is 23.1. The van der Waals surface area contributed by atoms with E-state index in [-0.39, 0.29) is 41.6 Å². The summed E-state index contributed by atoms with van der Waals surface area (Å²) in [6.07, 6.45) is 9.26. The van der Waals surface area contributed by atoms with E-state index in [0.717, 1.165) is 49.4 Å². The van der Waals surface area contributed by atoms with Crippen LogP contribution in [0.5, 0.6) is 5.75 Å². The van der Waals surface area contributed by atoms with Gasteiger partial charge in [-0.3, -0.25) is 4.79 Å². The van der Waals surface area contributed by atoms with Gasteiger partial charge in [-0.05, 0) is 125 Å². The Morgan fingerprint density at radius 1 is 1.12 bits per heavy atom. The van der Waals surface area contributed by atoms with Gasteiger partial charge in [0.05, 0.1) is 34.1 Å². The minimum atomic E-state index is -4.23. The number of hydrogen-bond donors (Lipinski definition) is 1. The molecule has 2 aliphatic carbocycles. The standard InChI is InChI=1S/C37H49ClN2O7S2/c1-36(2,3)48(42,43)19-17-29-9-5-6-10-33(46-4)30-14-11-27(30)22-40-23-37(18-7-8-25-20-28(38)13-15-31(25)37)24-47-34-16-12-26(21-32(34)40)35(41)39-49(29,44)45/h6,10,12-13,15-16,20-21,27,29-30,33H,5,7-9,11,14,17-19,22-24H2,1-4H3,(H,39,41)/b10-6-/t27-,29-,30+,33-,37-/m0/s1. The highest BCUT2D eigenvalue weighted by atomic mass is 35.5. The van der Waals surface area contributed by atoms with Gasteiger partial charge < -0.3 is 14.4 Å². The Hall–Kier alpha value is -2.60. The van der Waals surface area contributed by atoms with E-state index in [4.69, 9.17) is 21.1 Å². The molecule has 9 nitrogen and oxygen atoms in total. The van der Waals surface area contributed by atoms with Crippen LogP contribution in [0.15, 0.2) is 48.6 Å². The van der Waals surface area contributed by atoms with Crippen molar-refractivity contribution in [2.45, 2.75) is 93.7 Å². The summed E-state index contributed by atoms with van der Waals surface area (Å²) in [4.78, 5) is 16.0. The van der Waals surface area contributed by atoms with E-state index in [9.17, 15) is 21.6 Å². The molecule has 6 rings (SSSR count). The number of sulfone groups is 1. The fourth-order valence-electron chi connectivity index (χ4n) is 8.02. The number of ether oxygens (including phenoxy) is 2. The molecule has 1 spiro atoms. The molecular formula is C37H49ClN2O7S2. The van der Waals surface area contributed by atoms with E-state index in [1.807, 2.05) is 18.2 Å². The van der Waals surface area contributed by atoms with Gasteiger partial charge in [-0.2, -0.15) is 0 Å². The number of amides is 1. The van der Waals surface area contributed by atoms with Gasteiger partial charge in [0.25, 0.3) is 5.91 Å². The summed E-state index contributed by atoms with van der Waals surface area (Å²) in [6, 6.07) is 11.3. The molecule has 0 saturated heterocycles. The monoisotopic (exact) mass is 732 g/mol. The van der Waals surface area contributed by atoms with Crippen molar-refractivity contribution in [3.8, 4) is 5.75 Å². The van der Waals surface area contributed by atoms with E-state index >= 15 is 0 Å². The number of halogens is 1. The van der Waals surface area contributed by atoms with E-state index < -0.39 is 35.8 Å². The van der Waals surface area contributed by atoms with Crippen LogP contribution in [0.2, 0.25) is 5.02 Å². The van der Waals surface area contributed by atoms with Gasteiger partial charge in [0.1, 0.15) is 5.75 Å². The number of allylic oxidation sites excluding steroid dienone is 1. The summed E-state index contributed by atoms with van der Waals surface area (Å²) >= 11 is 6.42. The molecule has 0 aromatic heterocycles. The molecule has 2 heterocycles. The predicted molar refractivity (Wildman–Crippen MR) is 194 cm³/mol. The second-order valence-corrected chi connectivity index (χ2v) is 20.6. The first-order valence-electron chi connectivity index (χ1n) is 17.4. The van der Waals surface area contributed by atoms with Crippen LogP contribution in [-0.4, -0.2) is 71.4 Å². The van der Waals surface area contributed by atoms with Crippen molar-refractivity contribution in [1.82, 2.24) is 4.72 Å². The maximum atomic E-state index is 13.8. The minimum Gasteiger partial charge on any atom is -0.490 e.